The Labute approximate surface area is 112 Å². The molecule has 102 valence electrons. The lowest BCUT2D eigenvalue weighted by molar-refractivity contribution is -0.142. The molecule has 1 aromatic rings. The van der Waals surface area contributed by atoms with Crippen LogP contribution in [0.4, 0.5) is 0 Å². The van der Waals surface area contributed by atoms with Crippen molar-refractivity contribution in [2.24, 2.45) is 0 Å². The summed E-state index contributed by atoms with van der Waals surface area (Å²) in [4.78, 5) is 11.2. The summed E-state index contributed by atoms with van der Waals surface area (Å²) in [5, 5.41) is 8.89. The first-order valence-corrected chi connectivity index (χ1v) is 7.03. The van der Waals surface area contributed by atoms with Crippen LogP contribution in [0.2, 0.25) is 0 Å². The van der Waals surface area contributed by atoms with Gasteiger partial charge in [-0.15, -0.1) is 0 Å². The normalized spacial score (nSPS) is 12.5. The summed E-state index contributed by atoms with van der Waals surface area (Å²) in [6.45, 7) is 1.65. The van der Waals surface area contributed by atoms with E-state index in [4.69, 9.17) is 5.26 Å². The summed E-state index contributed by atoms with van der Waals surface area (Å²) >= 11 is 0. The van der Waals surface area contributed by atoms with Crippen LogP contribution in [0.15, 0.2) is 29.2 Å². The smallest absolute Gasteiger partial charge is 0.323 e. The van der Waals surface area contributed by atoms with E-state index in [-0.39, 0.29) is 16.9 Å². The van der Waals surface area contributed by atoms with Gasteiger partial charge in [-0.25, -0.2) is 8.42 Å². The zero-order chi connectivity index (χ0) is 14.5. The predicted octanol–water partition coefficient (Wildman–Crippen LogP) is 0.788. The molecule has 0 bridgehead atoms. The maximum atomic E-state index is 12.1. The minimum Gasteiger partial charge on any atom is -0.468 e. The van der Waals surface area contributed by atoms with Gasteiger partial charge in [0.1, 0.15) is 12.1 Å². The molecule has 1 unspecified atom stereocenters. The number of nitrogens with zero attached hydrogens (tertiary/aromatic N) is 1. The highest BCUT2D eigenvalue weighted by Crippen LogP contribution is 2.15. The SMILES string of the molecule is CCC(NS(=O)(=O)c1ccccc1C#N)C(=O)OC. The van der Waals surface area contributed by atoms with Crippen LogP contribution in [-0.4, -0.2) is 27.5 Å². The fourth-order valence-corrected chi connectivity index (χ4v) is 2.91. The van der Waals surface area contributed by atoms with Gasteiger partial charge in [0.25, 0.3) is 0 Å². The average Bonchev–Trinajstić information content (AvgIpc) is 2.43. The molecule has 0 spiro atoms. The number of nitriles is 1. The van der Waals surface area contributed by atoms with E-state index in [2.05, 4.69) is 9.46 Å². The number of esters is 1. The quantitative estimate of drug-likeness (QED) is 0.805. The monoisotopic (exact) mass is 282 g/mol. The van der Waals surface area contributed by atoms with Crippen molar-refractivity contribution in [2.45, 2.75) is 24.3 Å². The number of sulfonamides is 1. The summed E-state index contributed by atoms with van der Waals surface area (Å²) in [6.07, 6.45) is 0.251. The van der Waals surface area contributed by atoms with Crippen molar-refractivity contribution in [3.8, 4) is 6.07 Å². The van der Waals surface area contributed by atoms with Crippen LogP contribution in [0.1, 0.15) is 18.9 Å². The molecule has 0 heterocycles. The zero-order valence-corrected chi connectivity index (χ0v) is 11.4. The Bertz CT molecular complexity index is 604. The molecular formula is C12H14N2O4S. The molecule has 0 aliphatic heterocycles. The molecule has 1 atom stereocenters. The van der Waals surface area contributed by atoms with Crippen molar-refractivity contribution in [1.82, 2.24) is 4.72 Å². The third-order valence-electron chi connectivity index (χ3n) is 2.49. The Hall–Kier alpha value is -1.91. The maximum absolute atomic E-state index is 12.1. The first kappa shape index (κ1) is 15.1. The highest BCUT2D eigenvalue weighted by atomic mass is 32.2. The minimum absolute atomic E-state index is 0.0229. The van der Waals surface area contributed by atoms with Gasteiger partial charge in [-0.3, -0.25) is 4.79 Å². The molecule has 7 heteroatoms. The lowest BCUT2D eigenvalue weighted by atomic mass is 10.2. The molecule has 6 nitrogen and oxygen atoms in total. The van der Waals surface area contributed by atoms with Crippen molar-refractivity contribution < 1.29 is 17.9 Å². The van der Waals surface area contributed by atoms with Crippen LogP contribution in [0, 0.1) is 11.3 Å². The first-order valence-electron chi connectivity index (χ1n) is 5.55. The fourth-order valence-electron chi connectivity index (χ4n) is 1.48. The topological polar surface area (TPSA) is 96.3 Å². The zero-order valence-electron chi connectivity index (χ0n) is 10.6. The number of rotatable bonds is 5. The van der Waals surface area contributed by atoms with E-state index in [1.54, 1.807) is 19.1 Å². The molecule has 0 aliphatic rings. The standard InChI is InChI=1S/C12H14N2O4S/c1-3-10(12(15)18-2)14-19(16,17)11-7-5-4-6-9(11)8-13/h4-7,10,14H,3H2,1-2H3. The molecule has 1 N–H and O–H groups in total. The Morgan fingerprint density at radius 3 is 2.63 bits per heavy atom. The Kier molecular flexibility index (Phi) is 5.03. The molecule has 0 radical (unpaired) electrons. The van der Waals surface area contributed by atoms with Gasteiger partial charge in [-0.1, -0.05) is 19.1 Å². The highest BCUT2D eigenvalue weighted by molar-refractivity contribution is 7.89. The summed E-state index contributed by atoms with van der Waals surface area (Å²) in [5.74, 6) is -0.666. The number of carbonyl (C=O) groups is 1. The molecule has 0 aromatic heterocycles. The van der Waals surface area contributed by atoms with Gasteiger partial charge in [0.15, 0.2) is 0 Å². The van der Waals surface area contributed by atoms with E-state index < -0.39 is 22.0 Å². The molecule has 0 saturated carbocycles. The summed E-state index contributed by atoms with van der Waals surface area (Å²) in [5.41, 5.74) is 0.0229. The maximum Gasteiger partial charge on any atom is 0.323 e. The number of carbonyl (C=O) groups excluding carboxylic acids is 1. The van der Waals surface area contributed by atoms with Crippen molar-refractivity contribution in [1.29, 1.82) is 5.26 Å². The summed E-state index contributed by atoms with van der Waals surface area (Å²) in [7, 11) is -2.76. The molecule has 0 aliphatic carbocycles. The summed E-state index contributed by atoms with van der Waals surface area (Å²) in [6, 6.07) is 6.61. The second kappa shape index (κ2) is 6.31. The van der Waals surface area contributed by atoms with Crippen LogP contribution in [0.3, 0.4) is 0 Å². The number of nitrogens with one attached hydrogen (secondary N) is 1. The van der Waals surface area contributed by atoms with E-state index in [1.807, 2.05) is 0 Å². The van der Waals surface area contributed by atoms with E-state index in [0.717, 1.165) is 0 Å². The number of benzene rings is 1. The highest BCUT2D eigenvalue weighted by Gasteiger charge is 2.26. The largest absolute Gasteiger partial charge is 0.468 e. The third kappa shape index (κ3) is 3.53. The van der Waals surface area contributed by atoms with Gasteiger partial charge in [0.05, 0.1) is 17.6 Å². The van der Waals surface area contributed by atoms with Crippen LogP contribution in [-0.2, 0) is 19.6 Å². The molecular weight excluding hydrogens is 268 g/mol. The number of hydrogen-bond donors (Lipinski definition) is 1. The van der Waals surface area contributed by atoms with E-state index in [0.29, 0.717) is 0 Å². The van der Waals surface area contributed by atoms with Gasteiger partial charge >= 0.3 is 5.97 Å². The fraction of sp³-hybridized carbons (Fsp3) is 0.333. The van der Waals surface area contributed by atoms with Crippen molar-refractivity contribution in [2.75, 3.05) is 7.11 Å². The van der Waals surface area contributed by atoms with Crippen LogP contribution in [0.25, 0.3) is 0 Å². The first-order chi connectivity index (χ1) is 8.96. The second-order valence-corrected chi connectivity index (χ2v) is 5.40. The van der Waals surface area contributed by atoms with Crippen molar-refractivity contribution >= 4 is 16.0 Å². The van der Waals surface area contributed by atoms with Gasteiger partial charge < -0.3 is 4.74 Å². The Balaban J connectivity index is 3.12. The predicted molar refractivity (Wildman–Crippen MR) is 67.6 cm³/mol. The van der Waals surface area contributed by atoms with Crippen LogP contribution in [0.5, 0.6) is 0 Å². The van der Waals surface area contributed by atoms with Crippen LogP contribution < -0.4 is 4.72 Å². The number of methoxy groups -OCH3 is 1. The van der Waals surface area contributed by atoms with Gasteiger partial charge in [-0.2, -0.15) is 9.98 Å². The van der Waals surface area contributed by atoms with Crippen LogP contribution >= 0.6 is 0 Å². The van der Waals surface area contributed by atoms with Crippen molar-refractivity contribution in [3.63, 3.8) is 0 Å². The van der Waals surface area contributed by atoms with Crippen molar-refractivity contribution in [3.05, 3.63) is 29.8 Å². The van der Waals surface area contributed by atoms with E-state index >= 15 is 0 Å². The number of ether oxygens (including phenoxy) is 1. The second-order valence-electron chi connectivity index (χ2n) is 3.71. The summed E-state index contributed by atoms with van der Waals surface area (Å²) < 4.78 is 31.0. The average molecular weight is 282 g/mol. The molecule has 19 heavy (non-hydrogen) atoms. The number of hydrogen-bond acceptors (Lipinski definition) is 5. The third-order valence-corrected chi connectivity index (χ3v) is 4.02. The lowest BCUT2D eigenvalue weighted by Gasteiger charge is -2.15. The Morgan fingerprint density at radius 1 is 1.47 bits per heavy atom. The van der Waals surface area contributed by atoms with E-state index in [1.165, 1.54) is 25.3 Å². The Morgan fingerprint density at radius 2 is 2.11 bits per heavy atom. The molecule has 0 fully saturated rings. The molecule has 0 saturated heterocycles. The molecule has 1 rings (SSSR count). The van der Waals surface area contributed by atoms with E-state index in [9.17, 15) is 13.2 Å². The van der Waals surface area contributed by atoms with Gasteiger partial charge in [0.2, 0.25) is 10.0 Å². The lowest BCUT2D eigenvalue weighted by Crippen LogP contribution is -2.41. The van der Waals surface area contributed by atoms with Gasteiger partial charge in [0, 0.05) is 0 Å². The molecule has 0 amide bonds. The minimum atomic E-state index is -3.94. The van der Waals surface area contributed by atoms with Gasteiger partial charge in [-0.05, 0) is 18.6 Å². The molecule has 1 aromatic carbocycles.